The minimum atomic E-state index is -0.350. The summed E-state index contributed by atoms with van der Waals surface area (Å²) in [7, 11) is 0. The van der Waals surface area contributed by atoms with Crippen molar-refractivity contribution in [3.63, 3.8) is 0 Å². The zero-order chi connectivity index (χ0) is 25.1. The van der Waals surface area contributed by atoms with Gasteiger partial charge in [0.1, 0.15) is 11.1 Å². The molecular formula is C28H26N4O2S. The summed E-state index contributed by atoms with van der Waals surface area (Å²) in [6.45, 7) is 8.73. The van der Waals surface area contributed by atoms with Crippen LogP contribution >= 0.6 is 11.3 Å². The Morgan fingerprint density at radius 3 is 2.49 bits per heavy atom. The van der Waals surface area contributed by atoms with Gasteiger partial charge in [-0.3, -0.25) is 9.59 Å². The Hall–Kier alpha value is -4.02. The highest BCUT2D eigenvalue weighted by Crippen LogP contribution is 2.34. The molecule has 4 rings (SSSR count). The van der Waals surface area contributed by atoms with Gasteiger partial charge in [0.2, 0.25) is 0 Å². The van der Waals surface area contributed by atoms with Gasteiger partial charge in [0.25, 0.3) is 11.8 Å². The fraction of sp³-hybridized carbons (Fsp3) is 0.214. The molecule has 6 nitrogen and oxygen atoms in total. The fourth-order valence-corrected chi connectivity index (χ4v) is 5.20. The first-order chi connectivity index (χ1) is 16.9. The lowest BCUT2D eigenvalue weighted by molar-refractivity contribution is 0.0777. The third-order valence-corrected chi connectivity index (χ3v) is 7.20. The van der Waals surface area contributed by atoms with E-state index in [1.807, 2.05) is 69.3 Å². The van der Waals surface area contributed by atoms with Crippen LogP contribution in [0.4, 0.5) is 5.00 Å². The van der Waals surface area contributed by atoms with E-state index in [-0.39, 0.29) is 11.8 Å². The summed E-state index contributed by atoms with van der Waals surface area (Å²) < 4.78 is 0. The number of amides is 2. The standard InChI is InChI=1S/C28H26N4O2S/c1-5-32(6-2)28(34)25-18(4)22(16-29)27(35-25)31-26(33)21-15-24(19-11-9-10-17(3)14-19)30-23-13-8-7-12-20(21)23/h7-15H,5-6H2,1-4H3,(H,31,33). The second-order valence-electron chi connectivity index (χ2n) is 8.25. The number of thiophene rings is 1. The molecule has 0 atom stereocenters. The van der Waals surface area contributed by atoms with E-state index in [1.165, 1.54) is 0 Å². The summed E-state index contributed by atoms with van der Waals surface area (Å²) in [5, 5.41) is 13.8. The average molecular weight is 483 g/mol. The van der Waals surface area contributed by atoms with E-state index >= 15 is 0 Å². The summed E-state index contributed by atoms with van der Waals surface area (Å²) in [5.41, 5.74) is 4.78. The molecule has 0 aliphatic carbocycles. The molecule has 0 spiro atoms. The molecule has 2 aromatic heterocycles. The maximum absolute atomic E-state index is 13.5. The molecule has 2 heterocycles. The molecule has 2 aromatic carbocycles. The van der Waals surface area contributed by atoms with Gasteiger partial charge in [-0.05, 0) is 51.5 Å². The van der Waals surface area contributed by atoms with Gasteiger partial charge in [-0.15, -0.1) is 11.3 Å². The minimum Gasteiger partial charge on any atom is -0.338 e. The number of aryl methyl sites for hydroxylation is 1. The fourth-order valence-electron chi connectivity index (χ4n) is 4.08. The van der Waals surface area contributed by atoms with Crippen molar-refractivity contribution < 1.29 is 9.59 Å². The number of rotatable bonds is 6. The number of nitrogens with zero attached hydrogens (tertiary/aromatic N) is 3. The molecule has 176 valence electrons. The van der Waals surface area contributed by atoms with E-state index in [0.29, 0.717) is 56.3 Å². The average Bonchev–Trinajstić information content (AvgIpc) is 3.18. The van der Waals surface area contributed by atoms with E-state index in [9.17, 15) is 14.9 Å². The highest BCUT2D eigenvalue weighted by Gasteiger charge is 2.25. The van der Waals surface area contributed by atoms with Crippen LogP contribution in [0.3, 0.4) is 0 Å². The topological polar surface area (TPSA) is 86.1 Å². The molecule has 0 fully saturated rings. The number of hydrogen-bond donors (Lipinski definition) is 1. The molecule has 7 heteroatoms. The van der Waals surface area contributed by atoms with Crippen LogP contribution in [0, 0.1) is 25.2 Å². The monoisotopic (exact) mass is 482 g/mol. The number of benzene rings is 2. The van der Waals surface area contributed by atoms with Gasteiger partial charge in [0.15, 0.2) is 0 Å². The summed E-state index contributed by atoms with van der Waals surface area (Å²) in [6.07, 6.45) is 0. The smallest absolute Gasteiger partial charge is 0.264 e. The Morgan fingerprint density at radius 1 is 1.06 bits per heavy atom. The summed E-state index contributed by atoms with van der Waals surface area (Å²) in [5.74, 6) is -0.484. The predicted octanol–water partition coefficient (Wildman–Crippen LogP) is 6.19. The first kappa shape index (κ1) is 24.1. The van der Waals surface area contributed by atoms with Crippen LogP contribution in [0.25, 0.3) is 22.2 Å². The molecule has 0 aliphatic heterocycles. The van der Waals surface area contributed by atoms with Crippen molar-refractivity contribution in [3.05, 3.63) is 81.7 Å². The molecule has 4 aromatic rings. The van der Waals surface area contributed by atoms with E-state index in [4.69, 9.17) is 4.98 Å². The highest BCUT2D eigenvalue weighted by molar-refractivity contribution is 7.18. The van der Waals surface area contributed by atoms with Gasteiger partial charge in [-0.1, -0.05) is 42.0 Å². The molecule has 0 saturated heterocycles. The van der Waals surface area contributed by atoms with Crippen LogP contribution in [0.15, 0.2) is 54.6 Å². The summed E-state index contributed by atoms with van der Waals surface area (Å²) >= 11 is 1.15. The number of aromatic nitrogens is 1. The Bertz CT molecular complexity index is 1480. The van der Waals surface area contributed by atoms with Gasteiger partial charge in [-0.2, -0.15) is 5.26 Å². The Kier molecular flexibility index (Phi) is 6.94. The lowest BCUT2D eigenvalue weighted by Crippen LogP contribution is -2.30. The van der Waals surface area contributed by atoms with Crippen molar-refractivity contribution in [1.29, 1.82) is 5.26 Å². The first-order valence-electron chi connectivity index (χ1n) is 11.5. The lowest BCUT2D eigenvalue weighted by Gasteiger charge is -2.17. The molecule has 0 radical (unpaired) electrons. The van der Waals surface area contributed by atoms with Crippen molar-refractivity contribution in [2.45, 2.75) is 27.7 Å². The molecule has 35 heavy (non-hydrogen) atoms. The molecular weight excluding hydrogens is 456 g/mol. The Labute approximate surface area is 208 Å². The van der Waals surface area contributed by atoms with Crippen LogP contribution in [-0.2, 0) is 0 Å². The first-order valence-corrected chi connectivity index (χ1v) is 12.3. The van der Waals surface area contributed by atoms with E-state index in [0.717, 1.165) is 22.5 Å². The SMILES string of the molecule is CCN(CC)C(=O)c1sc(NC(=O)c2cc(-c3cccc(C)c3)nc3ccccc23)c(C#N)c1C. The summed E-state index contributed by atoms with van der Waals surface area (Å²) in [6, 6.07) is 19.4. The number of pyridine rings is 1. The highest BCUT2D eigenvalue weighted by atomic mass is 32.1. The number of carbonyl (C=O) groups excluding carboxylic acids is 2. The molecule has 1 N–H and O–H groups in total. The van der Waals surface area contributed by atoms with Gasteiger partial charge < -0.3 is 10.2 Å². The molecule has 0 bridgehead atoms. The Balaban J connectivity index is 1.77. The van der Waals surface area contributed by atoms with E-state index in [2.05, 4.69) is 11.4 Å². The lowest BCUT2D eigenvalue weighted by atomic mass is 10.0. The number of nitrogens with one attached hydrogen (secondary N) is 1. The number of para-hydroxylation sites is 1. The van der Waals surface area contributed by atoms with Crippen LogP contribution in [0.2, 0.25) is 0 Å². The second-order valence-corrected chi connectivity index (χ2v) is 9.27. The molecule has 0 unspecified atom stereocenters. The van der Waals surface area contributed by atoms with Gasteiger partial charge in [0, 0.05) is 24.0 Å². The van der Waals surface area contributed by atoms with Crippen LogP contribution in [0.5, 0.6) is 0 Å². The minimum absolute atomic E-state index is 0.134. The van der Waals surface area contributed by atoms with Crippen LogP contribution in [0.1, 0.15) is 50.6 Å². The number of carbonyl (C=O) groups is 2. The van der Waals surface area contributed by atoms with Crippen molar-refractivity contribution in [2.75, 3.05) is 18.4 Å². The van der Waals surface area contributed by atoms with E-state index < -0.39 is 0 Å². The van der Waals surface area contributed by atoms with Crippen molar-refractivity contribution >= 4 is 39.1 Å². The number of hydrogen-bond acceptors (Lipinski definition) is 5. The van der Waals surface area contributed by atoms with Crippen molar-refractivity contribution in [1.82, 2.24) is 9.88 Å². The van der Waals surface area contributed by atoms with Crippen molar-refractivity contribution in [3.8, 4) is 17.3 Å². The van der Waals surface area contributed by atoms with E-state index in [1.54, 1.807) is 17.9 Å². The number of nitriles is 1. The predicted molar refractivity (Wildman–Crippen MR) is 141 cm³/mol. The van der Waals surface area contributed by atoms with Gasteiger partial charge in [0.05, 0.1) is 27.2 Å². The third-order valence-electron chi connectivity index (χ3n) is 6.01. The molecule has 0 saturated carbocycles. The van der Waals surface area contributed by atoms with Gasteiger partial charge in [-0.25, -0.2) is 4.98 Å². The van der Waals surface area contributed by atoms with Crippen LogP contribution in [-0.4, -0.2) is 34.8 Å². The third kappa shape index (κ3) is 4.66. The van der Waals surface area contributed by atoms with Crippen molar-refractivity contribution in [2.24, 2.45) is 0 Å². The summed E-state index contributed by atoms with van der Waals surface area (Å²) in [4.78, 5) is 33.5. The normalized spacial score (nSPS) is 10.7. The zero-order valence-electron chi connectivity index (χ0n) is 20.2. The second kappa shape index (κ2) is 10.1. The quantitative estimate of drug-likeness (QED) is 0.355. The zero-order valence-corrected chi connectivity index (χ0v) is 21.0. The molecule has 0 aliphatic rings. The largest absolute Gasteiger partial charge is 0.338 e. The maximum Gasteiger partial charge on any atom is 0.264 e. The number of fused-ring (bicyclic) bond motifs is 1. The maximum atomic E-state index is 13.5. The van der Waals surface area contributed by atoms with Gasteiger partial charge >= 0.3 is 0 Å². The molecule has 2 amide bonds. The number of anilines is 1. The van der Waals surface area contributed by atoms with Crippen LogP contribution < -0.4 is 5.32 Å². The Morgan fingerprint density at radius 2 is 1.80 bits per heavy atom.